The number of carbonyl (C=O) groups is 2. The average Bonchev–Trinajstić information content (AvgIpc) is 2.88. The zero-order valence-corrected chi connectivity index (χ0v) is 18.4. The number of hydrogen-bond acceptors (Lipinski definition) is 2. The molecule has 0 saturated heterocycles. The summed E-state index contributed by atoms with van der Waals surface area (Å²) in [4.78, 5) is 27.8. The van der Waals surface area contributed by atoms with Gasteiger partial charge in [-0.1, -0.05) is 115 Å². The van der Waals surface area contributed by atoms with Crippen molar-refractivity contribution < 1.29 is 9.59 Å². The van der Waals surface area contributed by atoms with Gasteiger partial charge in [0.2, 0.25) is 0 Å². The van der Waals surface area contributed by atoms with Gasteiger partial charge in [0, 0.05) is 22.6 Å². The minimum atomic E-state index is -0.487. The third kappa shape index (κ3) is 3.96. The standard InChI is InChI=1S/C31H24O2/c1-21-16-18-22(19-17-21)28-27(30(32)23-10-4-2-5-11-23)20-25-14-8-9-15-26(25)29(28)31(33)24-12-6-3-7-13-24/h2-20,28-29H,1H3/t28-,29-/m1/s1. The summed E-state index contributed by atoms with van der Waals surface area (Å²) in [7, 11) is 0. The van der Waals surface area contributed by atoms with Gasteiger partial charge >= 0.3 is 0 Å². The Morgan fingerprint density at radius 3 is 1.88 bits per heavy atom. The Hall–Kier alpha value is -4.04. The summed E-state index contributed by atoms with van der Waals surface area (Å²) in [6, 6.07) is 34.8. The van der Waals surface area contributed by atoms with Gasteiger partial charge in [-0.05, 0) is 29.7 Å². The predicted octanol–water partition coefficient (Wildman–Crippen LogP) is 7.03. The lowest BCUT2D eigenvalue weighted by atomic mass is 9.67. The molecule has 2 heteroatoms. The molecule has 1 aliphatic rings. The Bertz CT molecular complexity index is 1330. The Balaban J connectivity index is 1.73. The molecule has 0 radical (unpaired) electrons. The molecule has 0 aliphatic heterocycles. The van der Waals surface area contributed by atoms with Crippen molar-refractivity contribution in [2.75, 3.05) is 0 Å². The molecule has 160 valence electrons. The fraction of sp³-hybridized carbons (Fsp3) is 0.0968. The fourth-order valence-electron chi connectivity index (χ4n) is 4.73. The van der Waals surface area contributed by atoms with Gasteiger partial charge in [-0.15, -0.1) is 0 Å². The highest BCUT2D eigenvalue weighted by Crippen LogP contribution is 2.47. The third-order valence-electron chi connectivity index (χ3n) is 6.39. The highest BCUT2D eigenvalue weighted by atomic mass is 16.1. The number of allylic oxidation sites excluding steroid dienone is 1. The third-order valence-corrected chi connectivity index (χ3v) is 6.39. The Morgan fingerprint density at radius 1 is 0.636 bits per heavy atom. The second-order valence-electron chi connectivity index (χ2n) is 8.52. The van der Waals surface area contributed by atoms with Crippen LogP contribution in [0.3, 0.4) is 0 Å². The molecule has 4 aromatic carbocycles. The minimum Gasteiger partial charge on any atom is -0.293 e. The van der Waals surface area contributed by atoms with Gasteiger partial charge in [-0.2, -0.15) is 0 Å². The SMILES string of the molecule is Cc1ccc([C@@H]2C(C(=O)c3ccccc3)=Cc3ccccc3[C@H]2C(=O)c2ccccc2)cc1. The van der Waals surface area contributed by atoms with Crippen LogP contribution in [0.25, 0.3) is 6.08 Å². The van der Waals surface area contributed by atoms with Crippen LogP contribution in [0.1, 0.15) is 54.8 Å². The van der Waals surface area contributed by atoms with Crippen molar-refractivity contribution in [2.24, 2.45) is 0 Å². The summed E-state index contributed by atoms with van der Waals surface area (Å²) in [5.74, 6) is -0.874. The topological polar surface area (TPSA) is 34.1 Å². The van der Waals surface area contributed by atoms with Crippen LogP contribution in [-0.2, 0) is 0 Å². The van der Waals surface area contributed by atoms with E-state index in [1.54, 1.807) is 0 Å². The van der Waals surface area contributed by atoms with Gasteiger partial charge in [0.05, 0.1) is 5.92 Å². The Kier molecular flexibility index (Phi) is 5.58. The first-order valence-electron chi connectivity index (χ1n) is 11.2. The number of aryl methyl sites for hydroxylation is 1. The number of benzene rings is 4. The summed E-state index contributed by atoms with van der Waals surface area (Å²) in [6.45, 7) is 2.04. The highest BCUT2D eigenvalue weighted by molar-refractivity contribution is 6.15. The fourth-order valence-corrected chi connectivity index (χ4v) is 4.73. The normalized spacial score (nSPS) is 17.1. The maximum Gasteiger partial charge on any atom is 0.189 e. The number of fused-ring (bicyclic) bond motifs is 1. The zero-order valence-electron chi connectivity index (χ0n) is 18.4. The lowest BCUT2D eigenvalue weighted by molar-refractivity contribution is 0.0945. The van der Waals surface area contributed by atoms with Crippen LogP contribution in [0.2, 0.25) is 0 Å². The molecular weight excluding hydrogens is 404 g/mol. The van der Waals surface area contributed by atoms with Gasteiger partial charge in [0.15, 0.2) is 11.6 Å². The number of ketones is 2. The molecular formula is C31H24O2. The van der Waals surface area contributed by atoms with E-state index < -0.39 is 5.92 Å². The molecule has 5 rings (SSSR count). The van der Waals surface area contributed by atoms with Crippen LogP contribution in [0, 0.1) is 6.92 Å². The van der Waals surface area contributed by atoms with E-state index in [-0.39, 0.29) is 17.5 Å². The van der Waals surface area contributed by atoms with Crippen LogP contribution in [0.4, 0.5) is 0 Å². The molecule has 1 aliphatic carbocycles. The van der Waals surface area contributed by atoms with Crippen LogP contribution < -0.4 is 0 Å². The molecule has 2 atom stereocenters. The van der Waals surface area contributed by atoms with E-state index in [0.29, 0.717) is 16.7 Å². The second kappa shape index (κ2) is 8.84. The molecule has 33 heavy (non-hydrogen) atoms. The van der Waals surface area contributed by atoms with Gasteiger partial charge in [-0.25, -0.2) is 0 Å². The van der Waals surface area contributed by atoms with E-state index in [9.17, 15) is 9.59 Å². The van der Waals surface area contributed by atoms with Crippen molar-refractivity contribution >= 4 is 17.6 Å². The van der Waals surface area contributed by atoms with Crippen molar-refractivity contribution in [1.29, 1.82) is 0 Å². The molecule has 0 aromatic heterocycles. The van der Waals surface area contributed by atoms with Crippen LogP contribution >= 0.6 is 0 Å². The Morgan fingerprint density at radius 2 is 1.21 bits per heavy atom. The van der Waals surface area contributed by atoms with E-state index in [1.807, 2.05) is 122 Å². The molecule has 0 saturated carbocycles. The van der Waals surface area contributed by atoms with Gasteiger partial charge in [-0.3, -0.25) is 9.59 Å². The summed E-state index contributed by atoms with van der Waals surface area (Å²) in [5.41, 5.74) is 5.93. The molecule has 2 nitrogen and oxygen atoms in total. The highest BCUT2D eigenvalue weighted by Gasteiger charge is 2.40. The molecule has 0 spiro atoms. The molecule has 0 N–H and O–H groups in total. The second-order valence-corrected chi connectivity index (χ2v) is 8.52. The number of Topliss-reactive ketones (excluding diaryl/α,β-unsaturated/α-hetero) is 2. The average molecular weight is 429 g/mol. The minimum absolute atomic E-state index is 0.0279. The molecule has 0 fully saturated rings. The molecule has 4 aromatic rings. The number of hydrogen-bond donors (Lipinski definition) is 0. The van der Waals surface area contributed by atoms with Gasteiger partial charge < -0.3 is 0 Å². The van der Waals surface area contributed by atoms with Gasteiger partial charge in [0.25, 0.3) is 0 Å². The summed E-state index contributed by atoms with van der Waals surface area (Å²) < 4.78 is 0. The molecule has 0 bridgehead atoms. The van der Waals surface area contributed by atoms with E-state index in [4.69, 9.17) is 0 Å². The summed E-state index contributed by atoms with van der Waals surface area (Å²) in [6.07, 6.45) is 1.98. The van der Waals surface area contributed by atoms with E-state index in [0.717, 1.165) is 22.3 Å². The number of carbonyl (C=O) groups excluding carboxylic acids is 2. The number of rotatable bonds is 5. The molecule has 0 amide bonds. The Labute approximate surface area is 194 Å². The van der Waals surface area contributed by atoms with Gasteiger partial charge in [0.1, 0.15) is 0 Å². The monoisotopic (exact) mass is 428 g/mol. The lowest BCUT2D eigenvalue weighted by Gasteiger charge is -2.33. The first-order valence-corrected chi connectivity index (χ1v) is 11.2. The van der Waals surface area contributed by atoms with E-state index in [2.05, 4.69) is 0 Å². The van der Waals surface area contributed by atoms with E-state index >= 15 is 0 Å². The quantitative estimate of drug-likeness (QED) is 0.320. The first kappa shape index (κ1) is 20.8. The van der Waals surface area contributed by atoms with Crippen molar-refractivity contribution in [3.05, 3.63) is 148 Å². The maximum absolute atomic E-state index is 14.0. The van der Waals surface area contributed by atoms with Crippen molar-refractivity contribution in [2.45, 2.75) is 18.8 Å². The van der Waals surface area contributed by atoms with Crippen LogP contribution in [-0.4, -0.2) is 11.6 Å². The predicted molar refractivity (Wildman–Crippen MR) is 133 cm³/mol. The zero-order chi connectivity index (χ0) is 22.8. The van der Waals surface area contributed by atoms with Crippen LogP contribution in [0.5, 0.6) is 0 Å². The van der Waals surface area contributed by atoms with Crippen molar-refractivity contribution in [1.82, 2.24) is 0 Å². The summed E-state index contributed by atoms with van der Waals surface area (Å²) >= 11 is 0. The lowest BCUT2D eigenvalue weighted by Crippen LogP contribution is -2.28. The van der Waals surface area contributed by atoms with Crippen molar-refractivity contribution in [3.8, 4) is 0 Å². The molecule has 0 heterocycles. The van der Waals surface area contributed by atoms with E-state index in [1.165, 1.54) is 0 Å². The van der Waals surface area contributed by atoms with Crippen molar-refractivity contribution in [3.63, 3.8) is 0 Å². The summed E-state index contributed by atoms with van der Waals surface area (Å²) in [5, 5.41) is 0. The largest absolute Gasteiger partial charge is 0.293 e. The first-order chi connectivity index (χ1) is 16.1. The molecule has 0 unspecified atom stereocenters. The smallest absolute Gasteiger partial charge is 0.189 e. The van der Waals surface area contributed by atoms with Crippen LogP contribution in [0.15, 0.2) is 115 Å². The maximum atomic E-state index is 14.0.